The van der Waals surface area contributed by atoms with Gasteiger partial charge in [-0.05, 0) is 0 Å². The summed E-state index contributed by atoms with van der Waals surface area (Å²) in [5.41, 5.74) is 0. The summed E-state index contributed by atoms with van der Waals surface area (Å²) in [6, 6.07) is 1.65. The first-order valence-electron chi connectivity index (χ1n) is 2.47. The Labute approximate surface area is 47.1 Å². The Morgan fingerprint density at radius 1 is 1.83 bits per heavy atom. The van der Waals surface area contributed by atoms with Crippen LogP contribution < -0.4 is 0 Å². The van der Waals surface area contributed by atoms with Crippen LogP contribution in [0.1, 0.15) is 6.92 Å². The molecule has 0 spiro atoms. The minimum absolute atomic E-state index is 0.558. The first-order valence-corrected chi connectivity index (χ1v) is 8.89. The van der Waals surface area contributed by atoms with Gasteiger partial charge in [-0.2, -0.15) is 0 Å². The van der Waals surface area contributed by atoms with Crippen LogP contribution in [0.3, 0.4) is 0 Å². The molecular weight excluding hydrogens is 155 g/mol. The monoisotopic (exact) mass is 166 g/mol. The molecule has 1 fully saturated rings. The summed E-state index contributed by atoms with van der Waals surface area (Å²) in [7, 11) is 0.558. The molecule has 2 heteroatoms. The fraction of sp³-hybridized carbons (Fsp3) is 1.00. The second-order valence-corrected chi connectivity index (χ2v) is 9.20. The average molecular weight is 165 g/mol. The fourth-order valence-electron chi connectivity index (χ4n) is 0.652. The third kappa shape index (κ3) is 1.10. The zero-order chi connectivity index (χ0) is 4.41. The Balaban J connectivity index is 2.18. The summed E-state index contributed by atoms with van der Waals surface area (Å²) >= 11 is 1.18. The van der Waals surface area contributed by atoms with Crippen molar-refractivity contribution in [3.8, 4) is 0 Å². The van der Waals surface area contributed by atoms with Gasteiger partial charge in [0.05, 0.1) is 0 Å². The number of hydrogen-bond donors (Lipinski definition) is 0. The standard InChI is InChI=1S/C4H10SeSi/c1-4-2-5-6-3-4/h4H,2-3,6H2,1H3. The van der Waals surface area contributed by atoms with Crippen LogP contribution in [0.2, 0.25) is 11.4 Å². The third-order valence-electron chi connectivity index (χ3n) is 1.16. The molecule has 0 nitrogen and oxygen atoms in total. The molecule has 36 valence electrons. The van der Waals surface area contributed by atoms with Gasteiger partial charge in [0.1, 0.15) is 0 Å². The molecule has 6 heavy (non-hydrogen) atoms. The predicted octanol–water partition coefficient (Wildman–Crippen LogP) is 0.261. The van der Waals surface area contributed by atoms with Gasteiger partial charge in [-0.1, -0.05) is 0 Å². The van der Waals surface area contributed by atoms with E-state index in [-0.39, 0.29) is 0 Å². The van der Waals surface area contributed by atoms with Crippen molar-refractivity contribution in [2.24, 2.45) is 5.92 Å². The molecule has 0 bridgehead atoms. The van der Waals surface area contributed by atoms with E-state index < -0.39 is 0 Å². The van der Waals surface area contributed by atoms with Crippen molar-refractivity contribution in [1.29, 1.82) is 0 Å². The molecule has 1 atom stereocenters. The summed E-state index contributed by atoms with van der Waals surface area (Å²) < 4.78 is 0. The van der Waals surface area contributed by atoms with E-state index in [0.717, 1.165) is 5.92 Å². The summed E-state index contributed by atoms with van der Waals surface area (Å²) in [6.07, 6.45) is 0. The molecular formula is C4H10SeSi. The van der Waals surface area contributed by atoms with Crippen LogP contribution in [0.5, 0.6) is 0 Å². The molecule has 1 unspecified atom stereocenters. The normalized spacial score (nSPS) is 38.5. The van der Waals surface area contributed by atoms with Crippen molar-refractivity contribution in [3.05, 3.63) is 0 Å². The number of rotatable bonds is 0. The van der Waals surface area contributed by atoms with Gasteiger partial charge in [0, 0.05) is 0 Å². The van der Waals surface area contributed by atoms with E-state index in [9.17, 15) is 0 Å². The molecule has 1 heterocycles. The van der Waals surface area contributed by atoms with Gasteiger partial charge in [-0.15, -0.1) is 0 Å². The first-order chi connectivity index (χ1) is 2.89. The van der Waals surface area contributed by atoms with Crippen LogP contribution in [0.4, 0.5) is 0 Å². The molecule has 1 rings (SSSR count). The topological polar surface area (TPSA) is 0 Å². The Kier molecular flexibility index (Phi) is 1.75. The molecule has 1 saturated heterocycles. The van der Waals surface area contributed by atoms with Gasteiger partial charge < -0.3 is 0 Å². The molecule has 1 aliphatic rings. The maximum absolute atomic E-state index is 2.39. The van der Waals surface area contributed by atoms with Gasteiger partial charge in [0.2, 0.25) is 0 Å². The molecule has 0 aliphatic carbocycles. The molecule has 0 aromatic heterocycles. The van der Waals surface area contributed by atoms with Gasteiger partial charge in [-0.3, -0.25) is 0 Å². The first kappa shape index (κ1) is 4.88. The minimum atomic E-state index is 0.558. The van der Waals surface area contributed by atoms with Gasteiger partial charge >= 0.3 is 46.6 Å². The van der Waals surface area contributed by atoms with Gasteiger partial charge in [0.25, 0.3) is 0 Å². The van der Waals surface area contributed by atoms with Crippen molar-refractivity contribution in [3.63, 3.8) is 0 Å². The van der Waals surface area contributed by atoms with Crippen LogP contribution in [0.15, 0.2) is 0 Å². The molecule has 0 N–H and O–H groups in total. The van der Waals surface area contributed by atoms with Crippen LogP contribution in [-0.4, -0.2) is 22.4 Å². The maximum atomic E-state index is 2.39. The van der Waals surface area contributed by atoms with E-state index >= 15 is 0 Å². The summed E-state index contributed by atoms with van der Waals surface area (Å²) in [4.78, 5) is 0. The van der Waals surface area contributed by atoms with E-state index in [1.807, 2.05) is 0 Å². The quantitative estimate of drug-likeness (QED) is 0.452. The van der Waals surface area contributed by atoms with E-state index in [4.69, 9.17) is 0 Å². The Morgan fingerprint density at radius 3 is 2.83 bits per heavy atom. The molecule has 1 aliphatic heterocycles. The third-order valence-corrected chi connectivity index (χ3v) is 8.88. The van der Waals surface area contributed by atoms with Crippen molar-refractivity contribution in [1.82, 2.24) is 0 Å². The predicted molar refractivity (Wildman–Crippen MR) is 33.1 cm³/mol. The van der Waals surface area contributed by atoms with Crippen LogP contribution in [-0.2, 0) is 0 Å². The number of hydrogen-bond acceptors (Lipinski definition) is 0. The van der Waals surface area contributed by atoms with Crippen molar-refractivity contribution >= 4 is 22.4 Å². The second kappa shape index (κ2) is 2.15. The summed E-state index contributed by atoms with van der Waals surface area (Å²) in [6.45, 7) is 2.39. The van der Waals surface area contributed by atoms with E-state index in [0.29, 0.717) is 8.13 Å². The average Bonchev–Trinajstić information content (AvgIpc) is 1.86. The molecule has 0 radical (unpaired) electrons. The molecule has 0 saturated carbocycles. The van der Waals surface area contributed by atoms with Crippen molar-refractivity contribution < 1.29 is 0 Å². The summed E-state index contributed by atoms with van der Waals surface area (Å²) in [5, 5.41) is 1.61. The SMILES string of the molecule is CC1C[SiH2][Se]C1. The summed E-state index contributed by atoms with van der Waals surface area (Å²) in [5.74, 6) is 1.14. The Bertz CT molecular complexity index is 40.8. The van der Waals surface area contributed by atoms with Crippen molar-refractivity contribution in [2.45, 2.75) is 18.3 Å². The van der Waals surface area contributed by atoms with E-state index in [1.165, 1.54) is 14.3 Å². The molecule has 0 aromatic rings. The van der Waals surface area contributed by atoms with E-state index in [2.05, 4.69) is 6.92 Å². The van der Waals surface area contributed by atoms with Crippen LogP contribution in [0.25, 0.3) is 0 Å². The fourth-order valence-corrected chi connectivity index (χ4v) is 10.2. The zero-order valence-electron chi connectivity index (χ0n) is 4.11. The Morgan fingerprint density at radius 2 is 2.67 bits per heavy atom. The van der Waals surface area contributed by atoms with E-state index in [1.54, 1.807) is 11.4 Å². The Hall–Kier alpha value is 0.736. The zero-order valence-corrected chi connectivity index (χ0v) is 7.23. The molecule has 0 amide bonds. The van der Waals surface area contributed by atoms with Crippen LogP contribution in [0, 0.1) is 5.92 Å². The van der Waals surface area contributed by atoms with Gasteiger partial charge in [0.15, 0.2) is 0 Å². The second-order valence-electron chi connectivity index (χ2n) is 1.97. The van der Waals surface area contributed by atoms with Gasteiger partial charge in [-0.25, -0.2) is 0 Å². The van der Waals surface area contributed by atoms with Crippen molar-refractivity contribution in [2.75, 3.05) is 0 Å². The van der Waals surface area contributed by atoms with Crippen LogP contribution >= 0.6 is 0 Å². The molecule has 0 aromatic carbocycles.